The molecule has 7 heteroatoms. The van der Waals surface area contributed by atoms with Crippen LogP contribution >= 0.6 is 11.3 Å². The Bertz CT molecular complexity index is 415. The molecule has 0 aliphatic carbocycles. The molecule has 114 valence electrons. The number of hydrogen-bond donors (Lipinski definition) is 3. The van der Waals surface area contributed by atoms with Gasteiger partial charge in [0.25, 0.3) is 0 Å². The lowest BCUT2D eigenvalue weighted by Crippen LogP contribution is -2.33. The molecular weight excluding hydrogens is 278 g/mol. The highest BCUT2D eigenvalue weighted by Gasteiger charge is 2.34. The predicted octanol–water partition coefficient (Wildman–Crippen LogP) is -0.396. The zero-order chi connectivity index (χ0) is 14.5. The van der Waals surface area contributed by atoms with Gasteiger partial charge in [0, 0.05) is 44.1 Å². The Hall–Kier alpha value is -0.730. The molecule has 2 unspecified atom stereocenters. The fourth-order valence-corrected chi connectivity index (χ4v) is 3.52. The topological polar surface area (TPSA) is 80.1 Å². The molecule has 0 amide bonds. The van der Waals surface area contributed by atoms with Crippen LogP contribution in [0.3, 0.4) is 0 Å². The molecule has 1 aromatic heterocycles. The lowest BCUT2D eigenvalue weighted by atomic mass is 9.96. The molecule has 1 saturated heterocycles. The Morgan fingerprint density at radius 2 is 2.10 bits per heavy atom. The Morgan fingerprint density at radius 1 is 1.35 bits per heavy atom. The van der Waals surface area contributed by atoms with Crippen LogP contribution in [0.25, 0.3) is 0 Å². The highest BCUT2D eigenvalue weighted by atomic mass is 32.1. The van der Waals surface area contributed by atoms with Gasteiger partial charge in [-0.25, -0.2) is 4.98 Å². The Kier molecular flexibility index (Phi) is 5.74. The molecule has 1 aromatic rings. The van der Waals surface area contributed by atoms with Crippen LogP contribution in [0, 0.1) is 11.8 Å². The minimum absolute atomic E-state index is 0.0313. The summed E-state index contributed by atoms with van der Waals surface area (Å²) in [7, 11) is 1.99. The predicted molar refractivity (Wildman–Crippen MR) is 78.9 cm³/mol. The standard InChI is InChI=1S/C13H23N3O3S/c1-15(2-3-17)4-10-5-16(6-11(10)7-18)13-14-12(8-19)9-20-13/h9-11,17-19H,2-8H2,1H3. The molecule has 0 aromatic carbocycles. The molecular formula is C13H23N3O3S. The van der Waals surface area contributed by atoms with E-state index in [2.05, 4.69) is 14.8 Å². The number of aliphatic hydroxyl groups excluding tert-OH is 3. The number of rotatable bonds is 7. The summed E-state index contributed by atoms with van der Waals surface area (Å²) < 4.78 is 0. The third kappa shape index (κ3) is 3.67. The van der Waals surface area contributed by atoms with Gasteiger partial charge >= 0.3 is 0 Å². The van der Waals surface area contributed by atoms with Crippen molar-refractivity contribution >= 4 is 16.5 Å². The largest absolute Gasteiger partial charge is 0.396 e. The molecule has 2 atom stereocenters. The summed E-state index contributed by atoms with van der Waals surface area (Å²) in [6, 6.07) is 0. The summed E-state index contributed by atoms with van der Waals surface area (Å²) in [6.07, 6.45) is 0. The molecule has 2 heterocycles. The van der Waals surface area contributed by atoms with Gasteiger partial charge in [0.05, 0.1) is 18.9 Å². The maximum absolute atomic E-state index is 9.54. The fraction of sp³-hybridized carbons (Fsp3) is 0.769. The van der Waals surface area contributed by atoms with E-state index in [9.17, 15) is 5.11 Å². The van der Waals surface area contributed by atoms with E-state index in [1.165, 1.54) is 11.3 Å². The second-order valence-corrected chi connectivity index (χ2v) is 6.21. The van der Waals surface area contributed by atoms with Crippen LogP contribution in [0.2, 0.25) is 0 Å². The molecule has 0 radical (unpaired) electrons. The first-order chi connectivity index (χ1) is 9.67. The van der Waals surface area contributed by atoms with Gasteiger partial charge in [-0.2, -0.15) is 0 Å². The van der Waals surface area contributed by atoms with Crippen LogP contribution < -0.4 is 4.90 Å². The lowest BCUT2D eigenvalue weighted by molar-refractivity contribution is 0.160. The van der Waals surface area contributed by atoms with Crippen molar-refractivity contribution in [2.45, 2.75) is 6.61 Å². The number of likely N-dealkylation sites (N-methyl/N-ethyl adjacent to an activating group) is 1. The average molecular weight is 301 g/mol. The quantitative estimate of drug-likeness (QED) is 0.636. The maximum atomic E-state index is 9.54. The minimum Gasteiger partial charge on any atom is -0.396 e. The fourth-order valence-electron chi connectivity index (χ4n) is 2.69. The first-order valence-electron chi connectivity index (χ1n) is 6.88. The highest BCUT2D eigenvalue weighted by molar-refractivity contribution is 7.13. The van der Waals surface area contributed by atoms with Crippen LogP contribution in [0.15, 0.2) is 5.38 Å². The van der Waals surface area contributed by atoms with E-state index >= 15 is 0 Å². The van der Waals surface area contributed by atoms with Gasteiger partial charge in [-0.15, -0.1) is 11.3 Å². The molecule has 0 spiro atoms. The monoisotopic (exact) mass is 301 g/mol. The summed E-state index contributed by atoms with van der Waals surface area (Å²) in [5.74, 6) is 0.607. The Morgan fingerprint density at radius 3 is 2.70 bits per heavy atom. The number of anilines is 1. The first kappa shape index (κ1) is 15.7. The maximum Gasteiger partial charge on any atom is 0.185 e. The van der Waals surface area contributed by atoms with Gasteiger partial charge in [0.2, 0.25) is 0 Å². The van der Waals surface area contributed by atoms with Crippen LogP contribution in [0.4, 0.5) is 5.13 Å². The third-order valence-electron chi connectivity index (χ3n) is 3.81. The molecule has 6 nitrogen and oxygen atoms in total. The zero-order valence-electron chi connectivity index (χ0n) is 11.8. The van der Waals surface area contributed by atoms with Crippen molar-refractivity contribution in [2.24, 2.45) is 11.8 Å². The van der Waals surface area contributed by atoms with Crippen molar-refractivity contribution in [3.63, 3.8) is 0 Å². The van der Waals surface area contributed by atoms with Gasteiger partial charge < -0.3 is 25.1 Å². The number of hydrogen-bond acceptors (Lipinski definition) is 7. The van der Waals surface area contributed by atoms with E-state index in [0.717, 1.165) is 24.8 Å². The van der Waals surface area contributed by atoms with Crippen LogP contribution in [-0.4, -0.2) is 71.6 Å². The van der Waals surface area contributed by atoms with Crippen molar-refractivity contribution in [1.82, 2.24) is 9.88 Å². The lowest BCUT2D eigenvalue weighted by Gasteiger charge is -2.22. The van der Waals surface area contributed by atoms with E-state index in [-0.39, 0.29) is 25.7 Å². The van der Waals surface area contributed by atoms with Crippen molar-refractivity contribution in [2.75, 3.05) is 51.3 Å². The zero-order valence-corrected chi connectivity index (χ0v) is 12.6. The molecule has 0 bridgehead atoms. The summed E-state index contributed by atoms with van der Waals surface area (Å²) in [4.78, 5) is 8.67. The van der Waals surface area contributed by atoms with E-state index in [0.29, 0.717) is 18.2 Å². The van der Waals surface area contributed by atoms with Gasteiger partial charge in [0.1, 0.15) is 0 Å². The molecule has 20 heavy (non-hydrogen) atoms. The second-order valence-electron chi connectivity index (χ2n) is 5.37. The van der Waals surface area contributed by atoms with E-state index in [1.54, 1.807) is 0 Å². The van der Waals surface area contributed by atoms with Crippen LogP contribution in [0.1, 0.15) is 5.69 Å². The van der Waals surface area contributed by atoms with E-state index in [4.69, 9.17) is 10.2 Å². The van der Waals surface area contributed by atoms with Gasteiger partial charge in [-0.05, 0) is 13.0 Å². The van der Waals surface area contributed by atoms with Crippen molar-refractivity contribution < 1.29 is 15.3 Å². The Labute approximate surface area is 123 Å². The number of aliphatic hydroxyl groups is 3. The summed E-state index contributed by atoms with van der Waals surface area (Å²) in [5, 5.41) is 30.4. The summed E-state index contributed by atoms with van der Waals surface area (Å²) >= 11 is 1.53. The molecule has 0 saturated carbocycles. The average Bonchev–Trinajstić information content (AvgIpc) is 3.04. The first-order valence-corrected chi connectivity index (χ1v) is 7.76. The summed E-state index contributed by atoms with van der Waals surface area (Å²) in [5.41, 5.74) is 0.700. The molecule has 1 fully saturated rings. The second kappa shape index (κ2) is 7.33. The normalized spacial score (nSPS) is 22.9. The van der Waals surface area contributed by atoms with E-state index < -0.39 is 0 Å². The number of aromatic nitrogens is 1. The Balaban J connectivity index is 1.97. The van der Waals surface area contributed by atoms with Crippen LogP contribution in [-0.2, 0) is 6.61 Å². The molecule has 3 N–H and O–H groups in total. The molecule has 1 aliphatic rings. The molecule has 2 rings (SSSR count). The number of nitrogens with zero attached hydrogens (tertiary/aromatic N) is 3. The molecule has 1 aliphatic heterocycles. The number of thiazole rings is 1. The van der Waals surface area contributed by atoms with Crippen molar-refractivity contribution in [1.29, 1.82) is 0 Å². The van der Waals surface area contributed by atoms with Gasteiger partial charge in [0.15, 0.2) is 5.13 Å². The highest BCUT2D eigenvalue weighted by Crippen LogP contribution is 2.30. The van der Waals surface area contributed by atoms with Crippen molar-refractivity contribution in [3.8, 4) is 0 Å². The smallest absolute Gasteiger partial charge is 0.185 e. The van der Waals surface area contributed by atoms with Gasteiger partial charge in [-0.3, -0.25) is 0 Å². The van der Waals surface area contributed by atoms with Crippen LogP contribution in [0.5, 0.6) is 0 Å². The van der Waals surface area contributed by atoms with Crippen molar-refractivity contribution in [3.05, 3.63) is 11.1 Å². The van der Waals surface area contributed by atoms with E-state index in [1.807, 2.05) is 12.4 Å². The summed E-state index contributed by atoms with van der Waals surface area (Å²) in [6.45, 7) is 3.47. The SMILES string of the molecule is CN(CCO)CC1CN(c2nc(CO)cs2)CC1CO. The van der Waals surface area contributed by atoms with Gasteiger partial charge in [-0.1, -0.05) is 0 Å². The minimum atomic E-state index is -0.0313. The third-order valence-corrected chi connectivity index (χ3v) is 4.76.